The average molecular weight is 557 g/mol. The number of nitrogens with one attached hydrogen (secondary N) is 2. The summed E-state index contributed by atoms with van der Waals surface area (Å²) in [5, 5.41) is 24.6. The van der Waals surface area contributed by atoms with Gasteiger partial charge in [0.25, 0.3) is 11.8 Å². The summed E-state index contributed by atoms with van der Waals surface area (Å²) in [6.07, 6.45) is 2.04. The van der Waals surface area contributed by atoms with E-state index in [1.807, 2.05) is 0 Å². The zero-order chi connectivity index (χ0) is 26.4. The molecule has 0 atom stereocenters. The van der Waals surface area contributed by atoms with Gasteiger partial charge in [0.2, 0.25) is 5.13 Å². The van der Waals surface area contributed by atoms with Crippen molar-refractivity contribution in [3.05, 3.63) is 81.8 Å². The van der Waals surface area contributed by atoms with Crippen molar-refractivity contribution < 1.29 is 19.4 Å². The van der Waals surface area contributed by atoms with Crippen molar-refractivity contribution in [3.63, 3.8) is 0 Å². The van der Waals surface area contributed by atoms with Crippen molar-refractivity contribution in [1.82, 2.24) is 10.2 Å². The number of carbonyl (C=O) groups is 2. The third-order valence-electron chi connectivity index (χ3n) is 5.19. The first-order chi connectivity index (χ1) is 17.8. The number of benzene rings is 3. The van der Waals surface area contributed by atoms with Gasteiger partial charge in [0.1, 0.15) is 11.5 Å². The van der Waals surface area contributed by atoms with E-state index in [2.05, 4.69) is 27.8 Å². The van der Waals surface area contributed by atoms with Crippen molar-refractivity contribution in [1.29, 1.82) is 0 Å². The van der Waals surface area contributed by atoms with E-state index in [0.717, 1.165) is 29.9 Å². The van der Waals surface area contributed by atoms with Gasteiger partial charge in [-0.1, -0.05) is 47.9 Å². The average Bonchev–Trinajstić information content (AvgIpc) is 3.35. The molecule has 4 aromatic rings. The number of nitrogens with zero attached hydrogens (tertiary/aromatic N) is 2. The number of hydrogen-bond acceptors (Lipinski definition) is 7. The molecule has 0 fully saturated rings. The van der Waals surface area contributed by atoms with Crippen LogP contribution in [0.25, 0.3) is 10.6 Å². The second kappa shape index (κ2) is 12.1. The van der Waals surface area contributed by atoms with Crippen LogP contribution in [0.4, 0.5) is 10.8 Å². The molecule has 4 rings (SSSR count). The molecule has 0 aliphatic rings. The van der Waals surface area contributed by atoms with Gasteiger partial charge in [0, 0.05) is 21.8 Å². The van der Waals surface area contributed by atoms with Gasteiger partial charge in [0.15, 0.2) is 5.01 Å². The first kappa shape index (κ1) is 26.4. The number of unbranched alkanes of at least 4 members (excludes halogenated alkanes) is 1. The minimum Gasteiger partial charge on any atom is -0.506 e. The predicted octanol–water partition coefficient (Wildman–Crippen LogP) is 6.90. The van der Waals surface area contributed by atoms with Crippen molar-refractivity contribution in [2.75, 3.05) is 17.2 Å². The smallest absolute Gasteiger partial charge is 0.257 e. The summed E-state index contributed by atoms with van der Waals surface area (Å²) in [5.74, 6) is -0.162. The number of aromatic hydroxyl groups is 1. The Bertz CT molecular complexity index is 1410. The van der Waals surface area contributed by atoms with Gasteiger partial charge in [-0.2, -0.15) is 0 Å². The number of ether oxygens (including phenoxy) is 1. The minimum atomic E-state index is -0.429. The molecule has 0 aliphatic carbocycles. The normalized spacial score (nSPS) is 10.7. The fourth-order valence-corrected chi connectivity index (χ4v) is 4.48. The molecule has 8 nitrogen and oxygen atoms in total. The molecule has 0 saturated carbocycles. The van der Waals surface area contributed by atoms with Crippen molar-refractivity contribution >= 4 is 57.2 Å². The highest BCUT2D eigenvalue weighted by molar-refractivity contribution is 7.18. The molecule has 1 heterocycles. The third-order valence-corrected chi connectivity index (χ3v) is 6.57. The number of carbonyl (C=O) groups excluding carboxylic acids is 2. The molecule has 0 unspecified atom stereocenters. The van der Waals surface area contributed by atoms with Crippen LogP contribution >= 0.6 is 34.5 Å². The highest BCUT2D eigenvalue weighted by atomic mass is 35.5. The summed E-state index contributed by atoms with van der Waals surface area (Å²) in [6.45, 7) is 2.75. The molecule has 0 aliphatic heterocycles. The molecule has 11 heteroatoms. The van der Waals surface area contributed by atoms with Crippen LogP contribution in [0.15, 0.2) is 60.7 Å². The van der Waals surface area contributed by atoms with Gasteiger partial charge in [-0.05, 0) is 67.1 Å². The number of amides is 2. The van der Waals surface area contributed by atoms with Gasteiger partial charge in [0.05, 0.1) is 17.2 Å². The molecule has 3 aromatic carbocycles. The first-order valence-electron chi connectivity index (χ1n) is 11.3. The molecular formula is C26H22Cl2N4O4S. The van der Waals surface area contributed by atoms with E-state index in [1.54, 1.807) is 48.5 Å². The molecule has 37 heavy (non-hydrogen) atoms. The second-order valence-corrected chi connectivity index (χ2v) is 9.73. The second-order valence-electron chi connectivity index (χ2n) is 7.91. The summed E-state index contributed by atoms with van der Waals surface area (Å²) in [5.41, 5.74) is 1.67. The Morgan fingerprint density at radius 1 is 0.946 bits per heavy atom. The van der Waals surface area contributed by atoms with E-state index in [1.165, 1.54) is 12.1 Å². The Labute approximate surface area is 227 Å². The van der Waals surface area contributed by atoms with Crippen LogP contribution in [0.5, 0.6) is 11.5 Å². The summed E-state index contributed by atoms with van der Waals surface area (Å²) < 4.78 is 5.63. The fourth-order valence-electron chi connectivity index (χ4n) is 3.23. The number of halogens is 2. The maximum absolute atomic E-state index is 12.7. The molecule has 2 amide bonds. The number of phenols is 1. The Morgan fingerprint density at radius 3 is 2.24 bits per heavy atom. The molecule has 1 aromatic heterocycles. The van der Waals surface area contributed by atoms with Gasteiger partial charge < -0.3 is 15.2 Å². The standard InChI is InChI=1S/C26H22Cl2N4O4S/c1-2-3-12-36-19-10-8-18(9-11-19)29-23(34)15-4-6-16(7-5-15)24(35)30-26-32-31-25(37-26)20-13-17(27)14-21(28)22(20)33/h4-11,13-14,33H,2-3,12H2,1H3,(H,29,34)(H,30,32,35). The van der Waals surface area contributed by atoms with E-state index in [4.69, 9.17) is 27.9 Å². The number of anilines is 2. The summed E-state index contributed by atoms with van der Waals surface area (Å²) in [4.78, 5) is 25.3. The largest absolute Gasteiger partial charge is 0.506 e. The SMILES string of the molecule is CCCCOc1ccc(NC(=O)c2ccc(C(=O)Nc3nnc(-c4cc(Cl)cc(Cl)c4O)s3)cc2)cc1. The lowest BCUT2D eigenvalue weighted by Crippen LogP contribution is -2.14. The summed E-state index contributed by atoms with van der Waals surface area (Å²) >= 11 is 13.0. The first-order valence-corrected chi connectivity index (χ1v) is 12.9. The highest BCUT2D eigenvalue weighted by Gasteiger charge is 2.17. The maximum atomic E-state index is 12.7. The molecule has 3 N–H and O–H groups in total. The lowest BCUT2D eigenvalue weighted by molar-refractivity contribution is 0.101. The summed E-state index contributed by atoms with van der Waals surface area (Å²) in [6, 6.07) is 16.3. The third kappa shape index (κ3) is 6.76. The lowest BCUT2D eigenvalue weighted by atomic mass is 10.1. The molecule has 0 bridgehead atoms. The number of rotatable bonds is 9. The van der Waals surface area contributed by atoms with Crippen LogP contribution in [0.3, 0.4) is 0 Å². The van der Waals surface area contributed by atoms with E-state index in [-0.39, 0.29) is 21.8 Å². The molecule has 0 radical (unpaired) electrons. The molecular weight excluding hydrogens is 535 g/mol. The quantitative estimate of drug-likeness (QED) is 0.193. The zero-order valence-corrected chi connectivity index (χ0v) is 22.0. The Balaban J connectivity index is 1.36. The van der Waals surface area contributed by atoms with Crippen LogP contribution in [0.1, 0.15) is 40.5 Å². The molecule has 190 valence electrons. The van der Waals surface area contributed by atoms with E-state index in [0.29, 0.717) is 39.0 Å². The van der Waals surface area contributed by atoms with Crippen molar-refractivity contribution in [3.8, 4) is 22.1 Å². The van der Waals surface area contributed by atoms with Crippen molar-refractivity contribution in [2.24, 2.45) is 0 Å². The number of hydrogen-bond donors (Lipinski definition) is 3. The van der Waals surface area contributed by atoms with Crippen LogP contribution in [0, 0.1) is 0 Å². The van der Waals surface area contributed by atoms with E-state index >= 15 is 0 Å². The maximum Gasteiger partial charge on any atom is 0.257 e. The summed E-state index contributed by atoms with van der Waals surface area (Å²) in [7, 11) is 0. The van der Waals surface area contributed by atoms with Gasteiger partial charge in [-0.15, -0.1) is 10.2 Å². The van der Waals surface area contributed by atoms with E-state index in [9.17, 15) is 14.7 Å². The van der Waals surface area contributed by atoms with E-state index < -0.39 is 5.91 Å². The van der Waals surface area contributed by atoms with Gasteiger partial charge in [-0.25, -0.2) is 0 Å². The van der Waals surface area contributed by atoms with Gasteiger partial charge >= 0.3 is 0 Å². The lowest BCUT2D eigenvalue weighted by Gasteiger charge is -2.08. The Morgan fingerprint density at radius 2 is 1.59 bits per heavy atom. The zero-order valence-electron chi connectivity index (χ0n) is 19.6. The topological polar surface area (TPSA) is 113 Å². The molecule has 0 saturated heterocycles. The van der Waals surface area contributed by atoms with Crippen LogP contribution in [-0.4, -0.2) is 33.7 Å². The fraction of sp³-hybridized carbons (Fsp3) is 0.154. The van der Waals surface area contributed by atoms with Crippen LogP contribution in [0.2, 0.25) is 10.0 Å². The Kier molecular flexibility index (Phi) is 8.60. The monoisotopic (exact) mass is 556 g/mol. The number of aromatic nitrogens is 2. The predicted molar refractivity (Wildman–Crippen MR) is 146 cm³/mol. The van der Waals surface area contributed by atoms with Crippen LogP contribution in [-0.2, 0) is 0 Å². The Hall–Kier alpha value is -3.66. The van der Waals surface area contributed by atoms with Crippen LogP contribution < -0.4 is 15.4 Å². The highest BCUT2D eigenvalue weighted by Crippen LogP contribution is 2.39. The number of phenolic OH excluding ortho intramolecular Hbond substituents is 1. The minimum absolute atomic E-state index is 0.0841. The van der Waals surface area contributed by atoms with Gasteiger partial charge in [-0.3, -0.25) is 14.9 Å². The van der Waals surface area contributed by atoms with Crippen molar-refractivity contribution in [2.45, 2.75) is 19.8 Å². The molecule has 0 spiro atoms.